The van der Waals surface area contributed by atoms with Crippen molar-refractivity contribution in [3.05, 3.63) is 24.3 Å². The molecular formula is C10H11NO3. The summed E-state index contributed by atoms with van der Waals surface area (Å²) in [6.45, 7) is 2.33. The summed E-state index contributed by atoms with van der Waals surface area (Å²) in [7, 11) is 0. The van der Waals surface area contributed by atoms with E-state index in [1.54, 1.807) is 29.2 Å². The number of aromatic hydroxyl groups is 1. The highest BCUT2D eigenvalue weighted by Crippen LogP contribution is 2.24. The Morgan fingerprint density at radius 1 is 1.43 bits per heavy atom. The molecule has 1 atom stereocenters. The van der Waals surface area contributed by atoms with Crippen molar-refractivity contribution < 1.29 is 14.6 Å². The lowest BCUT2D eigenvalue weighted by atomic mass is 10.2. The Morgan fingerprint density at radius 3 is 2.57 bits per heavy atom. The van der Waals surface area contributed by atoms with Crippen LogP contribution in [0.25, 0.3) is 0 Å². The van der Waals surface area contributed by atoms with Gasteiger partial charge in [0.25, 0.3) is 0 Å². The Labute approximate surface area is 81.7 Å². The number of hydrogen-bond acceptors (Lipinski definition) is 3. The van der Waals surface area contributed by atoms with Gasteiger partial charge in [0, 0.05) is 5.69 Å². The van der Waals surface area contributed by atoms with Gasteiger partial charge in [-0.15, -0.1) is 0 Å². The van der Waals surface area contributed by atoms with Crippen molar-refractivity contribution in [1.29, 1.82) is 0 Å². The van der Waals surface area contributed by atoms with Crippen molar-refractivity contribution in [3.63, 3.8) is 0 Å². The Morgan fingerprint density at radius 2 is 2.07 bits per heavy atom. The molecule has 1 unspecified atom stereocenters. The minimum Gasteiger partial charge on any atom is -0.508 e. The highest BCUT2D eigenvalue weighted by atomic mass is 16.6. The molecule has 1 aromatic carbocycles. The Bertz CT molecular complexity index is 347. The number of amides is 1. The molecule has 1 saturated heterocycles. The second-order valence-corrected chi connectivity index (χ2v) is 3.31. The number of anilines is 1. The van der Waals surface area contributed by atoms with Crippen LogP contribution in [0.15, 0.2) is 24.3 Å². The minimum atomic E-state index is -0.330. The van der Waals surface area contributed by atoms with Gasteiger partial charge in [-0.3, -0.25) is 4.90 Å². The van der Waals surface area contributed by atoms with Crippen LogP contribution in [0.4, 0.5) is 10.5 Å². The molecule has 1 aliphatic heterocycles. The van der Waals surface area contributed by atoms with Crippen LogP contribution in [0, 0.1) is 0 Å². The number of cyclic esters (lactones) is 1. The second-order valence-electron chi connectivity index (χ2n) is 3.31. The number of nitrogens with zero attached hydrogens (tertiary/aromatic N) is 1. The number of phenols is 1. The molecule has 1 aliphatic rings. The Balaban J connectivity index is 2.30. The highest BCUT2D eigenvalue weighted by Gasteiger charge is 2.30. The lowest BCUT2D eigenvalue weighted by Crippen LogP contribution is -2.30. The van der Waals surface area contributed by atoms with Crippen LogP contribution in [-0.4, -0.2) is 23.8 Å². The molecule has 2 rings (SSSR count). The Kier molecular flexibility index (Phi) is 2.04. The fourth-order valence-corrected chi connectivity index (χ4v) is 1.49. The predicted octanol–water partition coefficient (Wildman–Crippen LogP) is 1.74. The van der Waals surface area contributed by atoms with E-state index in [-0.39, 0.29) is 17.9 Å². The van der Waals surface area contributed by atoms with Crippen molar-refractivity contribution in [2.75, 3.05) is 11.5 Å². The van der Waals surface area contributed by atoms with Gasteiger partial charge in [0.15, 0.2) is 0 Å². The van der Waals surface area contributed by atoms with E-state index in [4.69, 9.17) is 9.84 Å². The third-order valence-electron chi connectivity index (χ3n) is 2.21. The normalized spacial score (nSPS) is 21.1. The van der Waals surface area contributed by atoms with Crippen LogP contribution in [0.1, 0.15) is 6.92 Å². The summed E-state index contributed by atoms with van der Waals surface area (Å²) in [5.41, 5.74) is 0.748. The van der Waals surface area contributed by atoms with E-state index in [0.717, 1.165) is 5.69 Å². The number of benzene rings is 1. The van der Waals surface area contributed by atoms with Crippen molar-refractivity contribution in [1.82, 2.24) is 0 Å². The first-order valence-corrected chi connectivity index (χ1v) is 4.43. The maximum absolute atomic E-state index is 11.3. The van der Waals surface area contributed by atoms with E-state index in [2.05, 4.69) is 0 Å². The summed E-state index contributed by atoms with van der Waals surface area (Å²) in [6.07, 6.45) is -0.330. The highest BCUT2D eigenvalue weighted by molar-refractivity contribution is 5.90. The summed E-state index contributed by atoms with van der Waals surface area (Å²) >= 11 is 0. The Hall–Kier alpha value is -1.71. The first-order valence-electron chi connectivity index (χ1n) is 4.43. The molecule has 0 radical (unpaired) electrons. The second kappa shape index (κ2) is 3.21. The van der Waals surface area contributed by atoms with Crippen LogP contribution < -0.4 is 4.90 Å². The zero-order valence-electron chi connectivity index (χ0n) is 7.80. The SMILES string of the molecule is CC1COC(=O)N1c1ccc(O)cc1. The maximum atomic E-state index is 11.3. The van der Waals surface area contributed by atoms with Gasteiger partial charge in [-0.1, -0.05) is 0 Å². The van der Waals surface area contributed by atoms with Gasteiger partial charge in [0.2, 0.25) is 0 Å². The topological polar surface area (TPSA) is 49.8 Å². The molecule has 0 aliphatic carbocycles. The average molecular weight is 193 g/mol. The van der Waals surface area contributed by atoms with Gasteiger partial charge in [0.05, 0.1) is 6.04 Å². The van der Waals surface area contributed by atoms with E-state index in [1.165, 1.54) is 0 Å². The predicted molar refractivity (Wildman–Crippen MR) is 51.4 cm³/mol. The largest absolute Gasteiger partial charge is 0.508 e. The molecule has 1 aromatic rings. The van der Waals surface area contributed by atoms with Gasteiger partial charge >= 0.3 is 6.09 Å². The van der Waals surface area contributed by atoms with Gasteiger partial charge in [0.1, 0.15) is 12.4 Å². The fraction of sp³-hybridized carbons (Fsp3) is 0.300. The minimum absolute atomic E-state index is 0.0482. The molecule has 0 bridgehead atoms. The van der Waals surface area contributed by atoms with Crippen molar-refractivity contribution in [2.45, 2.75) is 13.0 Å². The molecule has 1 heterocycles. The number of hydrogen-bond donors (Lipinski definition) is 1. The fourth-order valence-electron chi connectivity index (χ4n) is 1.49. The number of phenolic OH excluding ortho intramolecular Hbond substituents is 1. The first kappa shape index (κ1) is 8.87. The molecular weight excluding hydrogens is 182 g/mol. The third kappa shape index (κ3) is 1.39. The van der Waals surface area contributed by atoms with Crippen LogP contribution in [-0.2, 0) is 4.74 Å². The van der Waals surface area contributed by atoms with Crippen LogP contribution >= 0.6 is 0 Å². The van der Waals surface area contributed by atoms with Gasteiger partial charge in [-0.05, 0) is 31.2 Å². The summed E-state index contributed by atoms with van der Waals surface area (Å²) in [6, 6.07) is 6.53. The summed E-state index contributed by atoms with van der Waals surface area (Å²) < 4.78 is 4.89. The molecule has 1 amide bonds. The van der Waals surface area contributed by atoms with Crippen LogP contribution in [0.5, 0.6) is 5.75 Å². The average Bonchev–Trinajstić information content (AvgIpc) is 2.49. The monoisotopic (exact) mass is 193 g/mol. The number of ether oxygens (including phenoxy) is 1. The van der Waals surface area contributed by atoms with Crippen molar-refractivity contribution >= 4 is 11.8 Å². The molecule has 14 heavy (non-hydrogen) atoms. The third-order valence-corrected chi connectivity index (χ3v) is 2.21. The molecule has 4 heteroatoms. The summed E-state index contributed by atoms with van der Waals surface area (Å²) in [4.78, 5) is 12.9. The van der Waals surface area contributed by atoms with E-state index in [0.29, 0.717) is 6.61 Å². The number of carbonyl (C=O) groups excluding carboxylic acids is 1. The maximum Gasteiger partial charge on any atom is 0.414 e. The lowest BCUT2D eigenvalue weighted by Gasteiger charge is -2.17. The molecule has 74 valence electrons. The van der Waals surface area contributed by atoms with Gasteiger partial charge < -0.3 is 9.84 Å². The van der Waals surface area contributed by atoms with Crippen LogP contribution in [0.3, 0.4) is 0 Å². The van der Waals surface area contributed by atoms with E-state index < -0.39 is 0 Å². The molecule has 4 nitrogen and oxygen atoms in total. The van der Waals surface area contributed by atoms with Crippen molar-refractivity contribution in [2.24, 2.45) is 0 Å². The van der Waals surface area contributed by atoms with Gasteiger partial charge in [-0.2, -0.15) is 0 Å². The number of rotatable bonds is 1. The number of carbonyl (C=O) groups is 1. The molecule has 0 aromatic heterocycles. The molecule has 1 fully saturated rings. The molecule has 1 N–H and O–H groups in total. The van der Waals surface area contributed by atoms with Crippen molar-refractivity contribution in [3.8, 4) is 5.75 Å². The van der Waals surface area contributed by atoms with Crippen LogP contribution in [0.2, 0.25) is 0 Å². The lowest BCUT2D eigenvalue weighted by molar-refractivity contribution is 0.179. The zero-order chi connectivity index (χ0) is 10.1. The zero-order valence-corrected chi connectivity index (χ0v) is 7.80. The summed E-state index contributed by atoms with van der Waals surface area (Å²) in [5, 5.41) is 9.10. The summed E-state index contributed by atoms with van der Waals surface area (Å²) in [5.74, 6) is 0.189. The quantitative estimate of drug-likeness (QED) is 0.739. The molecule has 0 saturated carbocycles. The van der Waals surface area contributed by atoms with Gasteiger partial charge in [-0.25, -0.2) is 4.79 Å². The van der Waals surface area contributed by atoms with E-state index in [9.17, 15) is 4.79 Å². The smallest absolute Gasteiger partial charge is 0.414 e. The van der Waals surface area contributed by atoms with E-state index >= 15 is 0 Å². The first-order chi connectivity index (χ1) is 6.68. The molecule has 0 spiro atoms. The van der Waals surface area contributed by atoms with E-state index in [1.807, 2.05) is 6.92 Å². The standard InChI is InChI=1S/C10H11NO3/c1-7-6-14-10(13)11(7)8-2-4-9(12)5-3-8/h2-5,7,12H,6H2,1H3.